The van der Waals surface area contributed by atoms with E-state index < -0.39 is 11.2 Å². The van der Waals surface area contributed by atoms with Gasteiger partial charge in [0, 0.05) is 0 Å². The van der Waals surface area contributed by atoms with Crippen LogP contribution in [0.4, 0.5) is 0 Å². The molecule has 0 bridgehead atoms. The van der Waals surface area contributed by atoms with Crippen molar-refractivity contribution in [1.29, 1.82) is 0 Å². The Hall–Kier alpha value is -0.0900. The van der Waals surface area contributed by atoms with E-state index in [1.165, 1.54) is 0 Å². The van der Waals surface area contributed by atoms with Crippen LogP contribution < -0.4 is 0 Å². The van der Waals surface area contributed by atoms with Crippen LogP contribution in [-0.2, 0) is 11.2 Å². The average Bonchev–Trinajstić information content (AvgIpc) is 1.86. The molecule has 1 aliphatic heterocycles. The monoisotopic (exact) mass is 104 g/mol. The lowest BCUT2D eigenvalue weighted by Gasteiger charge is -1.92. The molecular weight excluding hydrogens is 100 g/mol. The van der Waals surface area contributed by atoms with Crippen LogP contribution in [0.1, 0.15) is 0 Å². The van der Waals surface area contributed by atoms with Gasteiger partial charge in [0.1, 0.15) is 0 Å². The van der Waals surface area contributed by atoms with Gasteiger partial charge in [0.05, 0.1) is 0 Å². The van der Waals surface area contributed by atoms with Crippen LogP contribution in [-0.4, -0.2) is 16.3 Å². The third-order valence-corrected chi connectivity index (χ3v) is 1.31. The van der Waals surface area contributed by atoms with Gasteiger partial charge >= 0.3 is 0 Å². The molecule has 34 valence electrons. The topological polar surface area (TPSA) is 47.8 Å². The highest BCUT2D eigenvalue weighted by molar-refractivity contribution is 7.91. The van der Waals surface area contributed by atoms with Crippen LogP contribution in [0.2, 0.25) is 0 Å². The standard InChI is InChI=1S/C2H4N2OS/c5-6-1-3-4-2-6/h1-2H2. The molecule has 4 heteroatoms. The van der Waals surface area contributed by atoms with Gasteiger partial charge in [-0.05, 0) is 11.2 Å². The van der Waals surface area contributed by atoms with Crippen molar-refractivity contribution in [3.8, 4) is 0 Å². The van der Waals surface area contributed by atoms with Crippen LogP contribution >= 0.6 is 0 Å². The first-order valence-electron chi connectivity index (χ1n) is 1.58. The molecule has 0 aromatic carbocycles. The second kappa shape index (κ2) is 1.57. The molecular formula is C2H4N2OS. The SMILES string of the molecule is [O-][S+]1CN=NC1. The highest BCUT2D eigenvalue weighted by Crippen LogP contribution is 1.99. The molecule has 0 aromatic heterocycles. The lowest BCUT2D eigenvalue weighted by atomic mass is 11.5. The molecule has 0 radical (unpaired) electrons. The first-order chi connectivity index (χ1) is 2.89. The highest BCUT2D eigenvalue weighted by Gasteiger charge is 2.07. The minimum absolute atomic E-state index is 0.417. The van der Waals surface area contributed by atoms with Gasteiger partial charge in [-0.2, -0.15) is 0 Å². The van der Waals surface area contributed by atoms with E-state index in [4.69, 9.17) is 0 Å². The number of azo groups is 1. The number of rotatable bonds is 0. The fourth-order valence-corrected chi connectivity index (χ4v) is 0.754. The van der Waals surface area contributed by atoms with E-state index in [9.17, 15) is 4.55 Å². The zero-order valence-corrected chi connectivity index (χ0v) is 3.94. The molecule has 0 atom stereocenters. The van der Waals surface area contributed by atoms with Crippen molar-refractivity contribution in [3.05, 3.63) is 0 Å². The summed E-state index contributed by atoms with van der Waals surface area (Å²) in [5.41, 5.74) is 0. The van der Waals surface area contributed by atoms with Crippen LogP contribution in [0, 0.1) is 0 Å². The van der Waals surface area contributed by atoms with E-state index >= 15 is 0 Å². The Labute approximate surface area is 38.6 Å². The Morgan fingerprint density at radius 2 is 1.83 bits per heavy atom. The fourth-order valence-electron chi connectivity index (χ4n) is 0.251. The normalized spacial score (nSPS) is 22.8. The van der Waals surface area contributed by atoms with Crippen LogP contribution in [0.25, 0.3) is 0 Å². The van der Waals surface area contributed by atoms with Crippen molar-refractivity contribution in [3.63, 3.8) is 0 Å². The maximum atomic E-state index is 10.2. The van der Waals surface area contributed by atoms with Crippen molar-refractivity contribution in [1.82, 2.24) is 0 Å². The summed E-state index contributed by atoms with van der Waals surface area (Å²) in [6.07, 6.45) is 0. The molecule has 1 heterocycles. The zero-order chi connectivity index (χ0) is 4.41. The van der Waals surface area contributed by atoms with Gasteiger partial charge in [-0.3, -0.25) is 0 Å². The van der Waals surface area contributed by atoms with E-state index in [-0.39, 0.29) is 0 Å². The van der Waals surface area contributed by atoms with Gasteiger partial charge in [0.2, 0.25) is 11.8 Å². The minimum Gasteiger partial charge on any atom is -0.613 e. The average molecular weight is 104 g/mol. The molecule has 0 aromatic rings. The summed E-state index contributed by atoms with van der Waals surface area (Å²) in [5.74, 6) is 0.833. The Morgan fingerprint density at radius 1 is 1.33 bits per heavy atom. The predicted octanol–water partition coefficient (Wildman–Crippen LogP) is 0.116. The lowest BCUT2D eigenvalue weighted by Crippen LogP contribution is -1.99. The Balaban J connectivity index is 2.32. The molecule has 0 unspecified atom stereocenters. The largest absolute Gasteiger partial charge is 0.613 e. The summed E-state index contributed by atoms with van der Waals surface area (Å²) in [4.78, 5) is 0. The maximum absolute atomic E-state index is 10.2. The molecule has 0 fully saturated rings. The second-order valence-electron chi connectivity index (χ2n) is 0.981. The first-order valence-corrected chi connectivity index (χ1v) is 3.06. The molecule has 0 spiro atoms. The van der Waals surface area contributed by atoms with E-state index in [1.54, 1.807) is 0 Å². The quantitative estimate of drug-likeness (QED) is 0.402. The molecule has 1 aliphatic rings. The summed E-state index contributed by atoms with van der Waals surface area (Å²) < 4.78 is 10.2. The lowest BCUT2D eigenvalue weighted by molar-refractivity contribution is 0.600. The zero-order valence-electron chi connectivity index (χ0n) is 3.13. The summed E-state index contributed by atoms with van der Waals surface area (Å²) in [7, 11) is 0. The van der Waals surface area contributed by atoms with Crippen molar-refractivity contribution in [2.24, 2.45) is 10.2 Å². The molecule has 0 saturated heterocycles. The van der Waals surface area contributed by atoms with E-state index in [1.807, 2.05) is 0 Å². The van der Waals surface area contributed by atoms with Crippen molar-refractivity contribution >= 4 is 11.2 Å². The minimum atomic E-state index is -0.756. The molecule has 1 rings (SSSR count). The molecule has 0 aliphatic carbocycles. The van der Waals surface area contributed by atoms with Crippen molar-refractivity contribution < 1.29 is 4.55 Å². The van der Waals surface area contributed by atoms with Crippen molar-refractivity contribution in [2.45, 2.75) is 0 Å². The third kappa shape index (κ3) is 0.693. The van der Waals surface area contributed by atoms with Crippen molar-refractivity contribution in [2.75, 3.05) is 11.8 Å². The Morgan fingerprint density at radius 3 is 2.00 bits per heavy atom. The molecule has 6 heavy (non-hydrogen) atoms. The molecule has 0 N–H and O–H groups in total. The second-order valence-corrected chi connectivity index (χ2v) is 2.38. The molecule has 0 amide bonds. The van der Waals surface area contributed by atoms with Crippen LogP contribution in [0.5, 0.6) is 0 Å². The van der Waals surface area contributed by atoms with E-state index in [0.29, 0.717) is 11.8 Å². The van der Waals surface area contributed by atoms with Gasteiger partial charge in [-0.15, -0.1) is 10.2 Å². The smallest absolute Gasteiger partial charge is 0.216 e. The van der Waals surface area contributed by atoms with Gasteiger partial charge in [-0.1, -0.05) is 0 Å². The Kier molecular flexibility index (Phi) is 1.07. The third-order valence-electron chi connectivity index (χ3n) is 0.503. The number of hydrogen-bond acceptors (Lipinski definition) is 3. The van der Waals surface area contributed by atoms with Gasteiger partial charge in [0.15, 0.2) is 0 Å². The van der Waals surface area contributed by atoms with Gasteiger partial charge in [0.25, 0.3) is 0 Å². The predicted molar refractivity (Wildman–Crippen MR) is 22.7 cm³/mol. The molecule has 0 saturated carbocycles. The maximum Gasteiger partial charge on any atom is 0.216 e. The number of hydrogen-bond donors (Lipinski definition) is 0. The number of nitrogens with zero attached hydrogens (tertiary/aromatic N) is 2. The van der Waals surface area contributed by atoms with Crippen LogP contribution in [0.3, 0.4) is 0 Å². The summed E-state index contributed by atoms with van der Waals surface area (Å²) in [6.45, 7) is 0. The first kappa shape index (κ1) is 4.08. The summed E-state index contributed by atoms with van der Waals surface area (Å²) >= 11 is -0.756. The van der Waals surface area contributed by atoms with E-state index in [2.05, 4.69) is 10.2 Å². The summed E-state index contributed by atoms with van der Waals surface area (Å²) in [5, 5.41) is 6.98. The Bertz CT molecular complexity index is 65.9. The molecule has 3 nitrogen and oxygen atoms in total. The van der Waals surface area contributed by atoms with Crippen LogP contribution in [0.15, 0.2) is 10.2 Å². The van der Waals surface area contributed by atoms with Gasteiger partial charge in [-0.25, -0.2) is 0 Å². The van der Waals surface area contributed by atoms with E-state index in [0.717, 1.165) is 0 Å². The van der Waals surface area contributed by atoms with Gasteiger partial charge < -0.3 is 4.55 Å². The fraction of sp³-hybridized carbons (Fsp3) is 1.00. The summed E-state index contributed by atoms with van der Waals surface area (Å²) in [6, 6.07) is 0. The highest BCUT2D eigenvalue weighted by atomic mass is 32.2.